The van der Waals surface area contributed by atoms with Crippen molar-refractivity contribution in [1.82, 2.24) is 0 Å². The molecule has 3 nitrogen and oxygen atoms in total. The number of Topliss-reactive ketones (excluding diaryl/α,β-unsaturated/α-hetero) is 1. The van der Waals surface area contributed by atoms with Crippen LogP contribution in [0.4, 0.5) is 0 Å². The third kappa shape index (κ3) is 3.85. The number of hydrogen-bond donors (Lipinski definition) is 0. The lowest BCUT2D eigenvalue weighted by Gasteiger charge is -2.05. The first-order valence-electron chi connectivity index (χ1n) is 4.70. The first-order valence-corrected chi connectivity index (χ1v) is 4.70. The van der Waals surface area contributed by atoms with Crippen molar-refractivity contribution in [2.75, 3.05) is 13.2 Å². The highest BCUT2D eigenvalue weighted by molar-refractivity contribution is 5.94. The first kappa shape index (κ1) is 11.3. The summed E-state index contributed by atoms with van der Waals surface area (Å²) in [6.07, 6.45) is 1.38. The van der Waals surface area contributed by atoms with Crippen LogP contribution in [-0.2, 0) is 4.74 Å². The molecule has 3 heteroatoms. The standard InChI is InChI=1S/C12H14O3/c1-3-14-8-9-15-12-6-4-11(5-7-12)10(2)13/h3-7H,1,8-9H2,2H3. The van der Waals surface area contributed by atoms with E-state index >= 15 is 0 Å². The first-order chi connectivity index (χ1) is 7.24. The van der Waals surface area contributed by atoms with Crippen molar-refractivity contribution < 1.29 is 14.3 Å². The number of ether oxygens (including phenoxy) is 2. The Kier molecular flexibility index (Phi) is 4.41. The van der Waals surface area contributed by atoms with Crippen molar-refractivity contribution in [3.8, 4) is 5.75 Å². The van der Waals surface area contributed by atoms with Crippen molar-refractivity contribution in [1.29, 1.82) is 0 Å². The Morgan fingerprint density at radius 3 is 2.53 bits per heavy atom. The summed E-state index contributed by atoms with van der Waals surface area (Å²) in [5, 5.41) is 0. The molecule has 0 N–H and O–H groups in total. The van der Waals surface area contributed by atoms with Crippen molar-refractivity contribution >= 4 is 5.78 Å². The molecule has 0 aromatic heterocycles. The second kappa shape index (κ2) is 5.86. The van der Waals surface area contributed by atoms with Gasteiger partial charge in [-0.2, -0.15) is 0 Å². The minimum Gasteiger partial charge on any atom is -0.498 e. The SMILES string of the molecule is C=COCCOc1ccc(C(C)=O)cc1. The quantitative estimate of drug-likeness (QED) is 0.407. The molecule has 0 heterocycles. The van der Waals surface area contributed by atoms with Gasteiger partial charge < -0.3 is 9.47 Å². The van der Waals surface area contributed by atoms with Gasteiger partial charge in [0.15, 0.2) is 5.78 Å². The molecule has 1 rings (SSSR count). The van der Waals surface area contributed by atoms with Crippen LogP contribution in [0.25, 0.3) is 0 Å². The molecular weight excluding hydrogens is 192 g/mol. The maximum Gasteiger partial charge on any atom is 0.159 e. The Morgan fingerprint density at radius 2 is 2.00 bits per heavy atom. The van der Waals surface area contributed by atoms with E-state index in [0.29, 0.717) is 18.8 Å². The average Bonchev–Trinajstić information content (AvgIpc) is 2.25. The van der Waals surface area contributed by atoms with E-state index in [1.54, 1.807) is 24.3 Å². The van der Waals surface area contributed by atoms with Gasteiger partial charge in [0.2, 0.25) is 0 Å². The van der Waals surface area contributed by atoms with Gasteiger partial charge in [-0.15, -0.1) is 0 Å². The van der Waals surface area contributed by atoms with Crippen LogP contribution >= 0.6 is 0 Å². The van der Waals surface area contributed by atoms with Gasteiger partial charge in [0.25, 0.3) is 0 Å². The minimum absolute atomic E-state index is 0.0524. The third-order valence-corrected chi connectivity index (χ3v) is 1.85. The largest absolute Gasteiger partial charge is 0.498 e. The molecule has 0 aliphatic carbocycles. The third-order valence-electron chi connectivity index (χ3n) is 1.85. The molecule has 1 aromatic carbocycles. The molecule has 0 fully saturated rings. The summed E-state index contributed by atoms with van der Waals surface area (Å²) >= 11 is 0. The van der Waals surface area contributed by atoms with E-state index in [4.69, 9.17) is 9.47 Å². The van der Waals surface area contributed by atoms with Gasteiger partial charge in [-0.25, -0.2) is 0 Å². The molecule has 0 radical (unpaired) electrons. The summed E-state index contributed by atoms with van der Waals surface area (Å²) in [6.45, 7) is 5.89. The van der Waals surface area contributed by atoms with E-state index in [-0.39, 0.29) is 5.78 Å². The van der Waals surface area contributed by atoms with E-state index < -0.39 is 0 Å². The Bertz CT molecular complexity index is 327. The Balaban J connectivity index is 2.42. The van der Waals surface area contributed by atoms with Gasteiger partial charge in [0.05, 0.1) is 6.26 Å². The number of ketones is 1. The van der Waals surface area contributed by atoms with Gasteiger partial charge in [0.1, 0.15) is 19.0 Å². The van der Waals surface area contributed by atoms with Crippen LogP contribution in [0.15, 0.2) is 37.1 Å². The summed E-state index contributed by atoms with van der Waals surface area (Å²) in [6, 6.07) is 7.02. The molecular formula is C12H14O3. The fraction of sp³-hybridized carbons (Fsp3) is 0.250. The monoisotopic (exact) mass is 206 g/mol. The molecule has 0 atom stereocenters. The van der Waals surface area contributed by atoms with Gasteiger partial charge in [0, 0.05) is 5.56 Å². The zero-order valence-electron chi connectivity index (χ0n) is 8.73. The lowest BCUT2D eigenvalue weighted by atomic mass is 10.1. The zero-order chi connectivity index (χ0) is 11.1. The number of rotatable bonds is 6. The summed E-state index contributed by atoms with van der Waals surface area (Å²) in [5.41, 5.74) is 0.685. The summed E-state index contributed by atoms with van der Waals surface area (Å²) in [7, 11) is 0. The maximum atomic E-state index is 11.0. The smallest absolute Gasteiger partial charge is 0.159 e. The van der Waals surface area contributed by atoms with Crippen LogP contribution in [0.5, 0.6) is 5.75 Å². The zero-order valence-corrected chi connectivity index (χ0v) is 8.73. The number of carbonyl (C=O) groups is 1. The van der Waals surface area contributed by atoms with Crippen LogP contribution < -0.4 is 4.74 Å². The topological polar surface area (TPSA) is 35.5 Å². The molecule has 0 aliphatic rings. The number of benzene rings is 1. The summed E-state index contributed by atoms with van der Waals surface area (Å²) < 4.78 is 10.3. The van der Waals surface area contributed by atoms with Crippen molar-refractivity contribution in [2.24, 2.45) is 0 Å². The van der Waals surface area contributed by atoms with E-state index in [2.05, 4.69) is 6.58 Å². The van der Waals surface area contributed by atoms with Crippen molar-refractivity contribution in [3.05, 3.63) is 42.7 Å². The lowest BCUT2D eigenvalue weighted by Crippen LogP contribution is -2.03. The van der Waals surface area contributed by atoms with Gasteiger partial charge >= 0.3 is 0 Å². The fourth-order valence-corrected chi connectivity index (χ4v) is 1.08. The number of carbonyl (C=O) groups excluding carboxylic acids is 1. The number of hydrogen-bond acceptors (Lipinski definition) is 3. The molecule has 0 saturated carbocycles. The second-order valence-electron chi connectivity index (χ2n) is 2.97. The van der Waals surface area contributed by atoms with E-state index in [9.17, 15) is 4.79 Å². The van der Waals surface area contributed by atoms with Crippen molar-refractivity contribution in [3.63, 3.8) is 0 Å². The van der Waals surface area contributed by atoms with E-state index in [1.807, 2.05) is 0 Å². The van der Waals surface area contributed by atoms with Crippen LogP contribution in [-0.4, -0.2) is 19.0 Å². The normalized spacial score (nSPS) is 9.40. The van der Waals surface area contributed by atoms with E-state index in [0.717, 1.165) is 5.75 Å². The van der Waals surface area contributed by atoms with Gasteiger partial charge in [-0.1, -0.05) is 6.58 Å². The lowest BCUT2D eigenvalue weighted by molar-refractivity contribution is 0.101. The molecule has 0 bridgehead atoms. The predicted molar refractivity (Wildman–Crippen MR) is 58.1 cm³/mol. The van der Waals surface area contributed by atoms with E-state index in [1.165, 1.54) is 13.2 Å². The summed E-state index contributed by atoms with van der Waals surface area (Å²) in [5.74, 6) is 0.782. The highest BCUT2D eigenvalue weighted by Crippen LogP contribution is 2.12. The fourth-order valence-electron chi connectivity index (χ4n) is 1.08. The highest BCUT2D eigenvalue weighted by atomic mass is 16.5. The van der Waals surface area contributed by atoms with Crippen molar-refractivity contribution in [2.45, 2.75) is 6.92 Å². The Morgan fingerprint density at radius 1 is 1.33 bits per heavy atom. The molecule has 0 aliphatic heterocycles. The van der Waals surface area contributed by atoms with Crippen LogP contribution in [0, 0.1) is 0 Å². The Hall–Kier alpha value is -1.77. The molecule has 0 unspecified atom stereocenters. The Labute approximate surface area is 89.3 Å². The van der Waals surface area contributed by atoms with Crippen LogP contribution in [0.3, 0.4) is 0 Å². The van der Waals surface area contributed by atoms with Crippen LogP contribution in [0.2, 0.25) is 0 Å². The maximum absolute atomic E-state index is 11.0. The van der Waals surface area contributed by atoms with Gasteiger partial charge in [-0.3, -0.25) is 4.79 Å². The average molecular weight is 206 g/mol. The molecule has 1 aromatic rings. The minimum atomic E-state index is 0.0524. The molecule has 0 amide bonds. The van der Waals surface area contributed by atoms with Crippen LogP contribution in [0.1, 0.15) is 17.3 Å². The molecule has 80 valence electrons. The second-order valence-corrected chi connectivity index (χ2v) is 2.97. The van der Waals surface area contributed by atoms with Gasteiger partial charge in [-0.05, 0) is 31.2 Å². The molecule has 0 saturated heterocycles. The highest BCUT2D eigenvalue weighted by Gasteiger charge is 1.98. The predicted octanol–water partition coefficient (Wildman–Crippen LogP) is 2.43. The summed E-state index contributed by atoms with van der Waals surface area (Å²) in [4.78, 5) is 11.0. The molecule has 0 spiro atoms. The molecule has 15 heavy (non-hydrogen) atoms.